The summed E-state index contributed by atoms with van der Waals surface area (Å²) in [6.07, 6.45) is 6.55. The molecule has 0 saturated carbocycles. The largest absolute Gasteiger partial charge is 0.481 e. The number of nitrogens with zero attached hydrogens (tertiary/aromatic N) is 1. The highest BCUT2D eigenvalue weighted by Gasteiger charge is 2.22. The number of aromatic nitrogens is 1. The minimum atomic E-state index is -1.10. The average molecular weight is 497 g/mol. The summed E-state index contributed by atoms with van der Waals surface area (Å²) < 4.78 is 4.99. The van der Waals surface area contributed by atoms with Crippen LogP contribution >= 0.6 is 12.4 Å². The molecule has 0 bridgehead atoms. The van der Waals surface area contributed by atoms with Crippen molar-refractivity contribution >= 4 is 47.0 Å². The van der Waals surface area contributed by atoms with Crippen molar-refractivity contribution in [2.45, 2.75) is 19.4 Å². The first-order valence-electron chi connectivity index (χ1n) is 10.5. The predicted molar refractivity (Wildman–Crippen MR) is 135 cm³/mol. The number of esters is 1. The fraction of sp³-hybridized carbons (Fsp3) is 0.200. The van der Waals surface area contributed by atoms with E-state index in [1.165, 1.54) is 6.20 Å². The van der Waals surface area contributed by atoms with Crippen LogP contribution in [0.5, 0.6) is 0 Å². The van der Waals surface area contributed by atoms with E-state index in [0.29, 0.717) is 34.3 Å². The van der Waals surface area contributed by atoms with Crippen LogP contribution in [-0.4, -0.2) is 41.2 Å². The first kappa shape index (κ1) is 27.1. The molecule has 5 N–H and O–H groups in total. The van der Waals surface area contributed by atoms with Crippen LogP contribution in [0.1, 0.15) is 24.1 Å². The van der Waals surface area contributed by atoms with E-state index in [0.717, 1.165) is 11.1 Å². The number of terminal acetylenes is 1. The number of pyridine rings is 1. The number of carbonyl (C=O) groups is 3. The minimum absolute atomic E-state index is 0. The van der Waals surface area contributed by atoms with Crippen LogP contribution < -0.4 is 16.4 Å². The maximum Gasteiger partial charge on any atom is 0.328 e. The summed E-state index contributed by atoms with van der Waals surface area (Å²) in [5.74, 6) is 0.903. The summed E-state index contributed by atoms with van der Waals surface area (Å²) in [6.45, 7) is 2.04. The van der Waals surface area contributed by atoms with Gasteiger partial charge in [-0.2, -0.15) is 0 Å². The Morgan fingerprint density at radius 1 is 1.20 bits per heavy atom. The lowest BCUT2D eigenvalue weighted by molar-refractivity contribution is -0.144. The fourth-order valence-electron chi connectivity index (χ4n) is 3.53. The Bertz CT molecular complexity index is 1290. The zero-order valence-corrected chi connectivity index (χ0v) is 19.7. The number of ether oxygens (including phenoxy) is 1. The van der Waals surface area contributed by atoms with Crippen molar-refractivity contribution in [2.24, 2.45) is 5.73 Å². The van der Waals surface area contributed by atoms with Crippen LogP contribution in [-0.2, 0) is 20.7 Å². The summed E-state index contributed by atoms with van der Waals surface area (Å²) in [7, 11) is 0. The highest BCUT2D eigenvalue weighted by molar-refractivity contribution is 6.02. The standard InChI is InChI=1S/C25H24N4O5.ClH/c1-3-10-34-24(32)23(26)18-9-8-17(16-7-5-6-15(11-16)12-22(30)31)19-13-21(28-14-20(18)19)29-25(33)27-4-2;/h1,5-9,11,13-14,23H,4,10,12,26H2,2H3,(H,30,31)(H2,27,28,29,33);1H. The van der Waals surface area contributed by atoms with Gasteiger partial charge < -0.3 is 20.9 Å². The number of urea groups is 1. The smallest absolute Gasteiger partial charge is 0.328 e. The number of carboxylic acid groups (broad SMARTS) is 1. The molecule has 182 valence electrons. The number of amides is 2. The Morgan fingerprint density at radius 2 is 1.97 bits per heavy atom. The number of rotatable bonds is 8. The van der Waals surface area contributed by atoms with Gasteiger partial charge in [-0.15, -0.1) is 18.8 Å². The second-order valence-electron chi connectivity index (χ2n) is 7.36. The fourth-order valence-corrected chi connectivity index (χ4v) is 3.53. The summed E-state index contributed by atoms with van der Waals surface area (Å²) in [4.78, 5) is 39.8. The van der Waals surface area contributed by atoms with Gasteiger partial charge in [0, 0.05) is 18.1 Å². The molecule has 2 aromatic carbocycles. The van der Waals surface area contributed by atoms with Crippen LogP contribution in [0.25, 0.3) is 21.9 Å². The monoisotopic (exact) mass is 496 g/mol. The van der Waals surface area contributed by atoms with Gasteiger partial charge in [0.05, 0.1) is 6.42 Å². The van der Waals surface area contributed by atoms with Crippen LogP contribution in [0.4, 0.5) is 10.6 Å². The molecule has 2 amide bonds. The van der Waals surface area contributed by atoms with Crippen LogP contribution in [0, 0.1) is 12.3 Å². The van der Waals surface area contributed by atoms with Crippen molar-refractivity contribution in [1.82, 2.24) is 10.3 Å². The van der Waals surface area contributed by atoms with Crippen molar-refractivity contribution in [3.8, 4) is 23.5 Å². The first-order valence-corrected chi connectivity index (χ1v) is 10.5. The zero-order chi connectivity index (χ0) is 24.7. The van der Waals surface area contributed by atoms with Gasteiger partial charge in [0.25, 0.3) is 0 Å². The Balaban J connectivity index is 0.00000432. The van der Waals surface area contributed by atoms with Crippen LogP contribution in [0.15, 0.2) is 48.7 Å². The quantitative estimate of drug-likeness (QED) is 0.277. The molecule has 0 fully saturated rings. The third kappa shape index (κ3) is 6.69. The Hall–Kier alpha value is -4.13. The van der Waals surface area contributed by atoms with E-state index in [4.69, 9.17) is 22.0 Å². The number of carbonyl (C=O) groups excluding carboxylic acids is 2. The van der Waals surface area contributed by atoms with E-state index in [1.807, 2.05) is 6.07 Å². The number of halogens is 1. The van der Waals surface area contributed by atoms with Gasteiger partial charge in [0.1, 0.15) is 11.9 Å². The van der Waals surface area contributed by atoms with Crippen molar-refractivity contribution in [3.05, 3.63) is 59.8 Å². The van der Waals surface area contributed by atoms with Crippen LogP contribution in [0.2, 0.25) is 0 Å². The van der Waals surface area contributed by atoms with E-state index >= 15 is 0 Å². The molecule has 10 heteroatoms. The van der Waals surface area contributed by atoms with E-state index in [1.54, 1.807) is 43.3 Å². The Kier molecular flexibility index (Phi) is 9.58. The maximum absolute atomic E-state index is 12.3. The molecule has 0 spiro atoms. The van der Waals surface area contributed by atoms with Gasteiger partial charge in [-0.1, -0.05) is 42.3 Å². The lowest BCUT2D eigenvalue weighted by Crippen LogP contribution is -2.28. The molecule has 1 aromatic heterocycles. The van der Waals surface area contributed by atoms with Gasteiger partial charge in [-0.05, 0) is 40.6 Å². The third-order valence-electron chi connectivity index (χ3n) is 4.99. The minimum Gasteiger partial charge on any atom is -0.481 e. The summed E-state index contributed by atoms with van der Waals surface area (Å²) in [5, 5.41) is 15.7. The predicted octanol–water partition coefficient (Wildman–Crippen LogP) is 3.27. The Labute approximate surface area is 208 Å². The highest BCUT2D eigenvalue weighted by atomic mass is 35.5. The number of aliphatic carboxylic acids is 1. The van der Waals surface area contributed by atoms with Gasteiger partial charge >= 0.3 is 18.0 Å². The molecular weight excluding hydrogens is 472 g/mol. The zero-order valence-electron chi connectivity index (χ0n) is 18.9. The third-order valence-corrected chi connectivity index (χ3v) is 4.99. The second kappa shape index (κ2) is 12.4. The molecule has 0 radical (unpaired) electrons. The number of nitrogens with two attached hydrogens (primary N) is 1. The lowest BCUT2D eigenvalue weighted by Gasteiger charge is -2.17. The number of fused-ring (bicyclic) bond motifs is 1. The number of carboxylic acids is 1. The van der Waals surface area contributed by atoms with Gasteiger partial charge in [0.2, 0.25) is 0 Å². The number of nitrogens with one attached hydrogen (secondary N) is 2. The highest BCUT2D eigenvalue weighted by Crippen LogP contribution is 2.34. The lowest BCUT2D eigenvalue weighted by atomic mass is 9.92. The van der Waals surface area contributed by atoms with Crippen molar-refractivity contribution < 1.29 is 24.2 Å². The van der Waals surface area contributed by atoms with Gasteiger partial charge in [0.15, 0.2) is 6.61 Å². The maximum atomic E-state index is 12.3. The number of benzene rings is 2. The summed E-state index contributed by atoms with van der Waals surface area (Å²) in [5.41, 5.74) is 8.76. The van der Waals surface area contributed by atoms with Gasteiger partial charge in [-0.3, -0.25) is 10.1 Å². The average Bonchev–Trinajstić information content (AvgIpc) is 2.81. The van der Waals surface area contributed by atoms with Crippen LogP contribution in [0.3, 0.4) is 0 Å². The second-order valence-corrected chi connectivity index (χ2v) is 7.36. The van der Waals surface area contributed by atoms with E-state index < -0.39 is 24.0 Å². The molecule has 3 aromatic rings. The molecule has 1 unspecified atom stereocenters. The van der Waals surface area contributed by atoms with Crippen molar-refractivity contribution in [3.63, 3.8) is 0 Å². The first-order chi connectivity index (χ1) is 16.3. The molecule has 0 aliphatic heterocycles. The molecule has 3 rings (SSSR count). The molecule has 1 atom stereocenters. The molecule has 1 heterocycles. The molecule has 0 aliphatic carbocycles. The molecule has 0 saturated heterocycles. The number of anilines is 1. The molecular formula is C25H25ClN4O5. The normalized spacial score (nSPS) is 11.0. The topological polar surface area (TPSA) is 144 Å². The van der Waals surface area contributed by atoms with Gasteiger partial charge in [-0.25, -0.2) is 14.6 Å². The van der Waals surface area contributed by atoms with E-state index in [-0.39, 0.29) is 25.4 Å². The molecule has 9 nitrogen and oxygen atoms in total. The summed E-state index contributed by atoms with van der Waals surface area (Å²) in [6, 6.07) is 10.8. The number of hydrogen-bond donors (Lipinski definition) is 4. The molecule has 35 heavy (non-hydrogen) atoms. The van der Waals surface area contributed by atoms with Crippen molar-refractivity contribution in [2.75, 3.05) is 18.5 Å². The van der Waals surface area contributed by atoms with E-state index in [9.17, 15) is 14.4 Å². The number of hydrogen-bond acceptors (Lipinski definition) is 6. The molecule has 0 aliphatic rings. The summed E-state index contributed by atoms with van der Waals surface area (Å²) >= 11 is 0. The van der Waals surface area contributed by atoms with Crippen molar-refractivity contribution in [1.29, 1.82) is 0 Å². The SMILES string of the molecule is C#CCOC(=O)C(N)c1ccc(-c2cccc(CC(=O)O)c2)c2cc(NC(=O)NCC)ncc12.Cl. The Morgan fingerprint density at radius 3 is 2.66 bits per heavy atom. The van der Waals surface area contributed by atoms with E-state index in [2.05, 4.69) is 21.5 Å².